The van der Waals surface area contributed by atoms with Gasteiger partial charge in [0.1, 0.15) is 0 Å². The molecule has 1 heteroatoms. The largest absolute Gasteiger partial charge is 0.374 e. The summed E-state index contributed by atoms with van der Waals surface area (Å²) < 4.78 is 5.82. The first-order valence-electron chi connectivity index (χ1n) is 8.66. The first kappa shape index (κ1) is 16.5. The second-order valence-corrected chi connectivity index (χ2v) is 6.05. The standard InChI is InChI=1S/C23H24O/c1-3-17-24-18(2)19-13-15-21(16-14-19)23-12-8-7-11-22(23)20-9-5-4-6-10-20/h4-16,18H,3,17H2,1-2H3. The minimum atomic E-state index is 0.142. The predicted octanol–water partition coefficient (Wildman–Crippen LogP) is 6.51. The van der Waals surface area contributed by atoms with Gasteiger partial charge in [0.2, 0.25) is 0 Å². The van der Waals surface area contributed by atoms with E-state index >= 15 is 0 Å². The molecular formula is C23H24O. The van der Waals surface area contributed by atoms with E-state index in [1.165, 1.54) is 27.8 Å². The Labute approximate surface area is 144 Å². The van der Waals surface area contributed by atoms with Crippen molar-refractivity contribution in [1.82, 2.24) is 0 Å². The third-order valence-corrected chi connectivity index (χ3v) is 4.27. The van der Waals surface area contributed by atoms with E-state index in [-0.39, 0.29) is 6.10 Å². The number of hydrogen-bond donors (Lipinski definition) is 0. The molecule has 3 aromatic rings. The summed E-state index contributed by atoms with van der Waals surface area (Å²) in [6.07, 6.45) is 1.19. The summed E-state index contributed by atoms with van der Waals surface area (Å²) in [6, 6.07) is 27.9. The summed E-state index contributed by atoms with van der Waals surface area (Å²) in [7, 11) is 0. The summed E-state index contributed by atoms with van der Waals surface area (Å²) in [6.45, 7) is 5.05. The van der Waals surface area contributed by atoms with Crippen LogP contribution in [-0.4, -0.2) is 6.61 Å². The molecule has 0 aliphatic heterocycles. The summed E-state index contributed by atoms with van der Waals surface area (Å²) in [5, 5.41) is 0. The van der Waals surface area contributed by atoms with Crippen molar-refractivity contribution in [2.45, 2.75) is 26.4 Å². The van der Waals surface area contributed by atoms with Gasteiger partial charge in [0.15, 0.2) is 0 Å². The van der Waals surface area contributed by atoms with Crippen molar-refractivity contribution in [2.75, 3.05) is 6.61 Å². The van der Waals surface area contributed by atoms with Crippen LogP contribution in [-0.2, 0) is 4.74 Å². The Hall–Kier alpha value is -2.38. The van der Waals surface area contributed by atoms with Crippen molar-refractivity contribution in [3.63, 3.8) is 0 Å². The van der Waals surface area contributed by atoms with E-state index in [1.54, 1.807) is 0 Å². The molecule has 0 radical (unpaired) electrons. The van der Waals surface area contributed by atoms with E-state index in [0.717, 1.165) is 13.0 Å². The lowest BCUT2D eigenvalue weighted by Crippen LogP contribution is -2.00. The van der Waals surface area contributed by atoms with Gasteiger partial charge < -0.3 is 4.74 Å². The molecule has 0 aliphatic rings. The van der Waals surface area contributed by atoms with Crippen molar-refractivity contribution in [2.24, 2.45) is 0 Å². The van der Waals surface area contributed by atoms with Crippen LogP contribution in [0.4, 0.5) is 0 Å². The van der Waals surface area contributed by atoms with Crippen LogP contribution in [0.5, 0.6) is 0 Å². The topological polar surface area (TPSA) is 9.23 Å². The molecule has 0 fully saturated rings. The number of ether oxygens (including phenoxy) is 1. The highest BCUT2D eigenvalue weighted by Crippen LogP contribution is 2.32. The first-order chi connectivity index (χ1) is 11.8. The van der Waals surface area contributed by atoms with Gasteiger partial charge in [0.25, 0.3) is 0 Å². The fourth-order valence-electron chi connectivity index (χ4n) is 2.93. The zero-order chi connectivity index (χ0) is 16.8. The van der Waals surface area contributed by atoms with Crippen LogP contribution in [0.3, 0.4) is 0 Å². The smallest absolute Gasteiger partial charge is 0.0796 e. The Morgan fingerprint density at radius 1 is 0.708 bits per heavy atom. The minimum Gasteiger partial charge on any atom is -0.374 e. The van der Waals surface area contributed by atoms with Gasteiger partial charge in [-0.1, -0.05) is 85.8 Å². The molecule has 3 rings (SSSR count). The molecular weight excluding hydrogens is 292 g/mol. The van der Waals surface area contributed by atoms with Crippen LogP contribution in [0.15, 0.2) is 78.9 Å². The monoisotopic (exact) mass is 316 g/mol. The quantitative estimate of drug-likeness (QED) is 0.504. The highest BCUT2D eigenvalue weighted by atomic mass is 16.5. The van der Waals surface area contributed by atoms with Gasteiger partial charge in [0, 0.05) is 6.61 Å². The molecule has 0 N–H and O–H groups in total. The van der Waals surface area contributed by atoms with Crippen LogP contribution in [0.25, 0.3) is 22.3 Å². The normalized spacial score (nSPS) is 12.1. The Bertz CT molecular complexity index is 760. The van der Waals surface area contributed by atoms with E-state index in [1.807, 2.05) is 0 Å². The van der Waals surface area contributed by atoms with Crippen LogP contribution in [0.1, 0.15) is 31.9 Å². The van der Waals surface area contributed by atoms with Gasteiger partial charge in [0.05, 0.1) is 6.10 Å². The Balaban J connectivity index is 1.90. The molecule has 24 heavy (non-hydrogen) atoms. The van der Waals surface area contributed by atoms with Crippen molar-refractivity contribution >= 4 is 0 Å². The zero-order valence-corrected chi connectivity index (χ0v) is 14.4. The summed E-state index contributed by atoms with van der Waals surface area (Å²) >= 11 is 0. The van der Waals surface area contributed by atoms with Gasteiger partial charge in [-0.15, -0.1) is 0 Å². The van der Waals surface area contributed by atoms with Crippen molar-refractivity contribution < 1.29 is 4.74 Å². The van der Waals surface area contributed by atoms with Gasteiger partial charge in [-0.25, -0.2) is 0 Å². The molecule has 1 atom stereocenters. The molecule has 0 aliphatic carbocycles. The maximum atomic E-state index is 5.82. The van der Waals surface area contributed by atoms with Crippen molar-refractivity contribution in [1.29, 1.82) is 0 Å². The third-order valence-electron chi connectivity index (χ3n) is 4.27. The Kier molecular flexibility index (Phi) is 5.45. The number of hydrogen-bond acceptors (Lipinski definition) is 1. The molecule has 0 saturated heterocycles. The Morgan fingerprint density at radius 3 is 1.83 bits per heavy atom. The molecule has 122 valence electrons. The van der Waals surface area contributed by atoms with Crippen LogP contribution >= 0.6 is 0 Å². The average molecular weight is 316 g/mol. The minimum absolute atomic E-state index is 0.142. The first-order valence-corrected chi connectivity index (χ1v) is 8.66. The van der Waals surface area contributed by atoms with E-state index in [2.05, 4.69) is 92.7 Å². The zero-order valence-electron chi connectivity index (χ0n) is 14.4. The predicted molar refractivity (Wildman–Crippen MR) is 102 cm³/mol. The maximum Gasteiger partial charge on any atom is 0.0796 e. The number of benzene rings is 3. The third kappa shape index (κ3) is 3.74. The van der Waals surface area contributed by atoms with Gasteiger partial charge in [-0.3, -0.25) is 0 Å². The van der Waals surface area contributed by atoms with E-state index in [0.29, 0.717) is 0 Å². The average Bonchev–Trinajstić information content (AvgIpc) is 2.67. The summed E-state index contributed by atoms with van der Waals surface area (Å²) in [5.74, 6) is 0. The summed E-state index contributed by atoms with van der Waals surface area (Å²) in [5.41, 5.74) is 6.24. The lowest BCUT2D eigenvalue weighted by atomic mass is 9.94. The molecule has 0 spiro atoms. The van der Waals surface area contributed by atoms with Crippen LogP contribution < -0.4 is 0 Å². The molecule has 0 bridgehead atoms. The molecule has 3 aromatic carbocycles. The molecule has 0 amide bonds. The molecule has 0 heterocycles. The number of rotatable bonds is 6. The van der Waals surface area contributed by atoms with Gasteiger partial charge in [-0.2, -0.15) is 0 Å². The Morgan fingerprint density at radius 2 is 1.25 bits per heavy atom. The summed E-state index contributed by atoms with van der Waals surface area (Å²) in [4.78, 5) is 0. The van der Waals surface area contributed by atoms with Gasteiger partial charge >= 0.3 is 0 Å². The lowest BCUT2D eigenvalue weighted by molar-refractivity contribution is 0.0663. The second-order valence-electron chi connectivity index (χ2n) is 6.05. The molecule has 0 aromatic heterocycles. The second kappa shape index (κ2) is 7.94. The maximum absolute atomic E-state index is 5.82. The fourth-order valence-corrected chi connectivity index (χ4v) is 2.93. The molecule has 1 nitrogen and oxygen atoms in total. The highest BCUT2D eigenvalue weighted by Gasteiger charge is 2.09. The van der Waals surface area contributed by atoms with Crippen molar-refractivity contribution in [3.05, 3.63) is 84.4 Å². The SMILES string of the molecule is CCCOC(C)c1ccc(-c2ccccc2-c2ccccc2)cc1. The molecule has 1 unspecified atom stereocenters. The van der Waals surface area contributed by atoms with E-state index in [4.69, 9.17) is 4.74 Å². The van der Waals surface area contributed by atoms with Gasteiger partial charge in [-0.05, 0) is 41.2 Å². The lowest BCUT2D eigenvalue weighted by Gasteiger charge is -2.14. The van der Waals surface area contributed by atoms with Crippen LogP contribution in [0, 0.1) is 0 Å². The van der Waals surface area contributed by atoms with Crippen LogP contribution in [0.2, 0.25) is 0 Å². The van der Waals surface area contributed by atoms with E-state index in [9.17, 15) is 0 Å². The molecule has 0 saturated carbocycles. The van der Waals surface area contributed by atoms with E-state index < -0.39 is 0 Å². The fraction of sp³-hybridized carbons (Fsp3) is 0.217. The highest BCUT2D eigenvalue weighted by molar-refractivity contribution is 5.83. The van der Waals surface area contributed by atoms with Crippen molar-refractivity contribution in [3.8, 4) is 22.3 Å².